The maximum Gasteiger partial charge on any atom is 0.404 e. The van der Waals surface area contributed by atoms with Gasteiger partial charge < -0.3 is 29.6 Å². The predicted molar refractivity (Wildman–Crippen MR) is 131 cm³/mol. The van der Waals surface area contributed by atoms with Crippen LogP contribution in [0.3, 0.4) is 0 Å². The van der Waals surface area contributed by atoms with E-state index in [1.54, 1.807) is 18.3 Å². The lowest BCUT2D eigenvalue weighted by Gasteiger charge is -2.16. The van der Waals surface area contributed by atoms with Crippen molar-refractivity contribution in [2.24, 2.45) is 0 Å². The number of nitrogens with zero attached hydrogens (tertiary/aromatic N) is 2. The zero-order valence-electron chi connectivity index (χ0n) is 20.0. The first kappa shape index (κ1) is 25.7. The van der Waals surface area contributed by atoms with Crippen molar-refractivity contribution < 1.29 is 28.9 Å². The zero-order chi connectivity index (χ0) is 24.9. The van der Waals surface area contributed by atoms with Crippen LogP contribution in [0.2, 0.25) is 25.7 Å². The molecule has 3 rings (SSSR count). The van der Waals surface area contributed by atoms with E-state index < -0.39 is 26.0 Å². The second-order valence-corrected chi connectivity index (χ2v) is 15.2. The summed E-state index contributed by atoms with van der Waals surface area (Å²) in [5.41, 5.74) is 2.18. The van der Waals surface area contributed by atoms with Gasteiger partial charge in [-0.1, -0.05) is 25.7 Å². The minimum atomic E-state index is -1.25. The predicted octanol–water partition coefficient (Wildman–Crippen LogP) is 4.76. The molecule has 0 bridgehead atoms. The summed E-state index contributed by atoms with van der Waals surface area (Å²) in [4.78, 5) is 15.3. The highest BCUT2D eigenvalue weighted by Gasteiger charge is 2.17. The van der Waals surface area contributed by atoms with Crippen LogP contribution in [0.5, 0.6) is 11.5 Å². The van der Waals surface area contributed by atoms with Crippen molar-refractivity contribution in [2.75, 3.05) is 13.2 Å². The maximum atomic E-state index is 14.8. The Morgan fingerprint density at radius 2 is 2.03 bits per heavy atom. The molecule has 0 saturated heterocycles. The Bertz CT molecular complexity index is 1150. The molecule has 2 heterocycles. The molecule has 0 fully saturated rings. The van der Waals surface area contributed by atoms with Crippen LogP contribution in [0.15, 0.2) is 36.7 Å². The second-order valence-electron chi connectivity index (χ2n) is 9.54. The summed E-state index contributed by atoms with van der Waals surface area (Å²) >= 11 is 0. The first-order chi connectivity index (χ1) is 16.1. The summed E-state index contributed by atoms with van der Waals surface area (Å²) in [5.74, 6) is -0.0569. The van der Waals surface area contributed by atoms with Crippen LogP contribution < -0.4 is 10.1 Å². The minimum Gasteiger partial charge on any atom is -0.465 e. The number of aryl methyl sites for hydroxylation is 1. The number of hydrogen-bond donors (Lipinski definition) is 3. The first-order valence-corrected chi connectivity index (χ1v) is 14.9. The van der Waals surface area contributed by atoms with E-state index in [-0.39, 0.29) is 18.8 Å². The van der Waals surface area contributed by atoms with E-state index in [1.807, 2.05) is 17.7 Å². The zero-order valence-corrected chi connectivity index (χ0v) is 21.0. The van der Waals surface area contributed by atoms with Gasteiger partial charge in [0.25, 0.3) is 0 Å². The first-order valence-electron chi connectivity index (χ1n) is 11.2. The van der Waals surface area contributed by atoms with E-state index in [0.29, 0.717) is 30.3 Å². The standard InChI is InChI=1S/C24H32FN3O5Si/c1-16-13-28(15-32-9-10-34(2,3)4)23-22(16)21(7-8-26-23)33-20-6-5-17(12-19(20)25)11-18(14-29)27-24(30)31/h5-8,12-13,18,27,29H,9-11,14-15H2,1-4H3,(H,30,31)/t18-/m0/s1. The number of amides is 1. The third-order valence-corrected chi connectivity index (χ3v) is 7.09. The van der Waals surface area contributed by atoms with Crippen molar-refractivity contribution in [1.82, 2.24) is 14.9 Å². The van der Waals surface area contributed by atoms with Gasteiger partial charge in [0, 0.05) is 27.1 Å². The molecule has 1 amide bonds. The molecule has 0 unspecified atom stereocenters. The van der Waals surface area contributed by atoms with E-state index in [9.17, 15) is 14.3 Å². The lowest BCUT2D eigenvalue weighted by molar-refractivity contribution is 0.0898. The number of pyridine rings is 1. The quantitative estimate of drug-likeness (QED) is 0.265. The molecule has 1 atom stereocenters. The average molecular weight is 490 g/mol. The molecule has 0 aliphatic carbocycles. The highest BCUT2D eigenvalue weighted by atomic mass is 28.3. The number of halogens is 1. The second kappa shape index (κ2) is 11.0. The molecule has 3 aromatic rings. The molecule has 0 aliphatic rings. The number of ether oxygens (including phenoxy) is 2. The molecule has 10 heteroatoms. The van der Waals surface area contributed by atoms with Gasteiger partial charge in [-0.2, -0.15) is 0 Å². The van der Waals surface area contributed by atoms with Crippen LogP contribution >= 0.6 is 0 Å². The molecule has 3 N–H and O–H groups in total. The topological polar surface area (TPSA) is 106 Å². The Labute approximate surface area is 199 Å². The van der Waals surface area contributed by atoms with Crippen molar-refractivity contribution in [2.45, 2.75) is 51.8 Å². The Balaban J connectivity index is 1.76. The molecule has 0 aliphatic heterocycles. The molecule has 0 spiro atoms. The summed E-state index contributed by atoms with van der Waals surface area (Å²) in [7, 11) is -1.17. The van der Waals surface area contributed by atoms with Gasteiger partial charge in [-0.05, 0) is 48.7 Å². The van der Waals surface area contributed by atoms with Crippen LogP contribution in [0.1, 0.15) is 11.1 Å². The number of fused-ring (bicyclic) bond motifs is 1. The smallest absolute Gasteiger partial charge is 0.404 e. The Morgan fingerprint density at radius 3 is 2.68 bits per heavy atom. The fraction of sp³-hybridized carbons (Fsp3) is 0.417. The van der Waals surface area contributed by atoms with E-state index in [1.165, 1.54) is 12.1 Å². The summed E-state index contributed by atoms with van der Waals surface area (Å²) in [6.45, 7) is 9.55. The number of carbonyl (C=O) groups is 1. The van der Waals surface area contributed by atoms with Gasteiger partial charge in [-0.3, -0.25) is 0 Å². The highest BCUT2D eigenvalue weighted by molar-refractivity contribution is 6.76. The molecule has 0 saturated carbocycles. The van der Waals surface area contributed by atoms with E-state index in [2.05, 4.69) is 29.9 Å². The Kier molecular flexibility index (Phi) is 8.29. The van der Waals surface area contributed by atoms with E-state index in [4.69, 9.17) is 14.6 Å². The Hall–Kier alpha value is -2.95. The molecule has 0 radical (unpaired) electrons. The van der Waals surface area contributed by atoms with Crippen molar-refractivity contribution in [3.05, 3.63) is 53.6 Å². The minimum absolute atomic E-state index is 0.0431. The van der Waals surface area contributed by atoms with E-state index in [0.717, 1.165) is 17.0 Å². The van der Waals surface area contributed by atoms with Gasteiger partial charge in [0.15, 0.2) is 11.6 Å². The number of carboxylic acid groups (broad SMARTS) is 1. The third-order valence-electron chi connectivity index (χ3n) is 5.38. The van der Waals surface area contributed by atoms with Crippen LogP contribution in [-0.2, 0) is 17.9 Å². The van der Waals surface area contributed by atoms with Crippen molar-refractivity contribution >= 4 is 25.2 Å². The molecule has 184 valence electrons. The average Bonchev–Trinajstić information content (AvgIpc) is 3.08. The largest absolute Gasteiger partial charge is 0.465 e. The molecule has 34 heavy (non-hydrogen) atoms. The van der Waals surface area contributed by atoms with Gasteiger partial charge in [0.1, 0.15) is 18.1 Å². The SMILES string of the molecule is Cc1cn(COCC[Si](C)(C)C)c2nccc(Oc3ccc(C[C@@H](CO)NC(=O)O)cc3F)c12. The molecule has 8 nitrogen and oxygen atoms in total. The number of aliphatic hydroxyl groups is 1. The third kappa shape index (κ3) is 6.78. The van der Waals surface area contributed by atoms with Crippen LogP contribution in [0.4, 0.5) is 9.18 Å². The normalized spacial score (nSPS) is 12.6. The van der Waals surface area contributed by atoms with Gasteiger partial charge >= 0.3 is 6.09 Å². The fourth-order valence-corrected chi connectivity index (χ4v) is 4.36. The monoisotopic (exact) mass is 489 g/mol. The number of rotatable bonds is 11. The van der Waals surface area contributed by atoms with Gasteiger partial charge in [-0.25, -0.2) is 14.2 Å². The van der Waals surface area contributed by atoms with Crippen molar-refractivity contribution in [3.8, 4) is 11.5 Å². The van der Waals surface area contributed by atoms with Gasteiger partial charge in [0.2, 0.25) is 0 Å². The van der Waals surface area contributed by atoms with Crippen LogP contribution in [-0.4, -0.2) is 53.2 Å². The number of benzene rings is 1. The highest BCUT2D eigenvalue weighted by Crippen LogP contribution is 2.33. The maximum absolute atomic E-state index is 14.8. The van der Waals surface area contributed by atoms with Gasteiger partial charge in [-0.15, -0.1) is 0 Å². The number of aliphatic hydroxyl groups excluding tert-OH is 1. The number of aromatic nitrogens is 2. The van der Waals surface area contributed by atoms with Crippen molar-refractivity contribution in [3.63, 3.8) is 0 Å². The Morgan fingerprint density at radius 1 is 1.26 bits per heavy atom. The summed E-state index contributed by atoms with van der Waals surface area (Å²) < 4.78 is 28.5. The molecule has 2 aromatic heterocycles. The van der Waals surface area contributed by atoms with Crippen LogP contribution in [0.25, 0.3) is 11.0 Å². The van der Waals surface area contributed by atoms with Crippen molar-refractivity contribution in [1.29, 1.82) is 0 Å². The summed E-state index contributed by atoms with van der Waals surface area (Å²) in [6.07, 6.45) is 2.47. The van der Waals surface area contributed by atoms with E-state index >= 15 is 0 Å². The lowest BCUT2D eigenvalue weighted by atomic mass is 10.1. The van der Waals surface area contributed by atoms with Crippen LogP contribution in [0, 0.1) is 12.7 Å². The molecular weight excluding hydrogens is 457 g/mol. The summed E-state index contributed by atoms with van der Waals surface area (Å²) in [6, 6.07) is 6.47. The molecular formula is C24H32FN3O5Si. The summed E-state index contributed by atoms with van der Waals surface area (Å²) in [5, 5.41) is 21.1. The number of nitrogens with one attached hydrogen (secondary N) is 1. The fourth-order valence-electron chi connectivity index (χ4n) is 3.60. The van der Waals surface area contributed by atoms with Gasteiger partial charge in [0.05, 0.1) is 18.0 Å². The number of hydrogen-bond acceptors (Lipinski definition) is 5. The molecule has 1 aromatic carbocycles. The lowest BCUT2D eigenvalue weighted by Crippen LogP contribution is -2.38.